The third-order valence-electron chi connectivity index (χ3n) is 7.29. The zero-order valence-corrected chi connectivity index (χ0v) is 23.5. The number of benzene rings is 1. The fraction of sp³-hybridized carbons (Fsp3) is 0.321. The van der Waals surface area contributed by atoms with Crippen LogP contribution in [0.5, 0.6) is 0 Å². The Balaban J connectivity index is 1.30. The monoisotopic (exact) mass is 630 g/mol. The van der Waals surface area contributed by atoms with Gasteiger partial charge >= 0.3 is 11.9 Å². The lowest BCUT2D eigenvalue weighted by Gasteiger charge is -2.29. The summed E-state index contributed by atoms with van der Waals surface area (Å²) in [5, 5.41) is 5.25. The molecule has 1 aromatic carbocycles. The van der Waals surface area contributed by atoms with Crippen molar-refractivity contribution >= 4 is 38.8 Å². The summed E-state index contributed by atoms with van der Waals surface area (Å²) in [6, 6.07) is 11.5. The number of pyridine rings is 2. The summed E-state index contributed by atoms with van der Waals surface area (Å²) in [7, 11) is 1.51. The molecule has 13 heteroatoms. The number of hydrogen-bond acceptors (Lipinski definition) is 5. The van der Waals surface area contributed by atoms with Crippen LogP contribution in [0.3, 0.4) is 0 Å². The number of para-hydroxylation sites is 2. The van der Waals surface area contributed by atoms with Crippen LogP contribution in [-0.2, 0) is 12.7 Å². The van der Waals surface area contributed by atoms with Gasteiger partial charge in [-0.05, 0) is 77.9 Å². The minimum atomic E-state index is -4.75. The average Bonchev–Trinajstić information content (AvgIpc) is 3.23. The fourth-order valence-corrected chi connectivity index (χ4v) is 5.60. The average molecular weight is 631 g/mol. The molecule has 0 unspecified atom stereocenters. The Hall–Kier alpha value is -4.00. The molecule has 3 aromatic heterocycles. The Labute approximate surface area is 240 Å². The number of halogens is 4. The minimum absolute atomic E-state index is 0.132. The molecule has 1 aliphatic carbocycles. The third kappa shape index (κ3) is 5.90. The highest BCUT2D eigenvalue weighted by molar-refractivity contribution is 9.10. The number of aromatic nitrogens is 4. The molecule has 4 aromatic rings. The zero-order valence-electron chi connectivity index (χ0n) is 21.9. The highest BCUT2D eigenvalue weighted by atomic mass is 79.9. The van der Waals surface area contributed by atoms with Gasteiger partial charge in [0.1, 0.15) is 5.69 Å². The van der Waals surface area contributed by atoms with E-state index in [4.69, 9.17) is 0 Å². The summed E-state index contributed by atoms with van der Waals surface area (Å²) in [4.78, 5) is 45.8. The predicted molar refractivity (Wildman–Crippen MR) is 149 cm³/mol. The van der Waals surface area contributed by atoms with Gasteiger partial charge < -0.3 is 10.6 Å². The van der Waals surface area contributed by atoms with Crippen LogP contribution in [0.15, 0.2) is 64.1 Å². The van der Waals surface area contributed by atoms with E-state index in [0.29, 0.717) is 43.4 Å². The Morgan fingerprint density at radius 1 is 1.00 bits per heavy atom. The van der Waals surface area contributed by atoms with Crippen molar-refractivity contribution in [2.75, 3.05) is 7.05 Å². The fourth-order valence-electron chi connectivity index (χ4n) is 5.26. The first-order valence-electron chi connectivity index (χ1n) is 13.0. The van der Waals surface area contributed by atoms with Crippen molar-refractivity contribution in [1.29, 1.82) is 0 Å². The van der Waals surface area contributed by atoms with E-state index >= 15 is 0 Å². The van der Waals surface area contributed by atoms with Crippen LogP contribution >= 0.6 is 15.9 Å². The van der Waals surface area contributed by atoms with E-state index in [0.717, 1.165) is 17.8 Å². The molecule has 0 radical (unpaired) electrons. The molecule has 1 aliphatic rings. The SMILES string of the molecule is CNC(=O)c1ccc(-n2c(=O)n(C[C@H]3CC[C@H](NC(=O)c4cc(Br)cnc4C(F)(F)F)CC3)c3ccccc32)cn1. The number of nitrogens with one attached hydrogen (secondary N) is 2. The smallest absolute Gasteiger partial charge is 0.354 e. The van der Waals surface area contributed by atoms with Gasteiger partial charge in [0, 0.05) is 30.3 Å². The van der Waals surface area contributed by atoms with Gasteiger partial charge in [0.15, 0.2) is 5.69 Å². The number of alkyl halides is 3. The molecule has 5 rings (SSSR count). The normalized spacial score (nSPS) is 17.4. The lowest BCUT2D eigenvalue weighted by Crippen LogP contribution is -2.39. The number of carbonyl (C=O) groups is 2. The molecule has 0 atom stereocenters. The molecular weight excluding hydrogens is 605 g/mol. The third-order valence-corrected chi connectivity index (χ3v) is 7.73. The van der Waals surface area contributed by atoms with Crippen LogP contribution in [0.1, 0.15) is 52.2 Å². The number of rotatable bonds is 6. The minimum Gasteiger partial charge on any atom is -0.354 e. The summed E-state index contributed by atoms with van der Waals surface area (Å²) in [5.41, 5.74) is 0.249. The van der Waals surface area contributed by atoms with E-state index in [1.165, 1.54) is 13.2 Å². The summed E-state index contributed by atoms with van der Waals surface area (Å²) >= 11 is 3.09. The second-order valence-electron chi connectivity index (χ2n) is 9.94. The van der Waals surface area contributed by atoms with E-state index in [1.54, 1.807) is 21.3 Å². The molecular formula is C28H26BrF3N6O3. The Morgan fingerprint density at radius 2 is 1.71 bits per heavy atom. The van der Waals surface area contributed by atoms with Gasteiger partial charge in [-0.25, -0.2) is 14.8 Å². The van der Waals surface area contributed by atoms with Crippen LogP contribution in [0, 0.1) is 5.92 Å². The van der Waals surface area contributed by atoms with Gasteiger partial charge in [-0.1, -0.05) is 12.1 Å². The molecule has 0 spiro atoms. The van der Waals surface area contributed by atoms with Crippen LogP contribution in [-0.4, -0.2) is 44.0 Å². The van der Waals surface area contributed by atoms with Crippen molar-refractivity contribution in [1.82, 2.24) is 29.7 Å². The lowest BCUT2D eigenvalue weighted by atomic mass is 9.85. The van der Waals surface area contributed by atoms with E-state index in [2.05, 4.69) is 36.5 Å². The van der Waals surface area contributed by atoms with Crippen LogP contribution in [0.25, 0.3) is 16.7 Å². The van der Waals surface area contributed by atoms with Crippen molar-refractivity contribution < 1.29 is 22.8 Å². The standard InChI is InChI=1S/C28H26BrF3N6O3/c1-33-26(40)21-11-10-19(14-34-21)38-23-5-3-2-4-22(23)37(27(38)41)15-16-6-8-18(9-7-16)36-25(39)20-12-17(29)13-35-24(20)28(30,31)32/h2-5,10-14,16,18H,6-9,15H2,1H3,(H,33,40)(H,36,39)/t16-,18-. The van der Waals surface area contributed by atoms with Crippen molar-refractivity contribution in [3.8, 4) is 5.69 Å². The van der Waals surface area contributed by atoms with Gasteiger partial charge in [-0.15, -0.1) is 0 Å². The first-order chi connectivity index (χ1) is 19.6. The van der Waals surface area contributed by atoms with E-state index < -0.39 is 23.3 Å². The van der Waals surface area contributed by atoms with Gasteiger partial charge in [0.05, 0.1) is 28.5 Å². The van der Waals surface area contributed by atoms with Gasteiger partial charge in [0.25, 0.3) is 11.8 Å². The first-order valence-corrected chi connectivity index (χ1v) is 13.8. The summed E-state index contributed by atoms with van der Waals surface area (Å²) < 4.78 is 43.7. The van der Waals surface area contributed by atoms with Crippen LogP contribution < -0.4 is 16.3 Å². The Morgan fingerprint density at radius 3 is 2.34 bits per heavy atom. The Kier molecular flexibility index (Phi) is 7.98. The number of amides is 2. The summed E-state index contributed by atoms with van der Waals surface area (Å²) in [6.07, 6.45) is 0.251. The molecule has 214 valence electrons. The Bertz CT molecular complexity index is 1660. The van der Waals surface area contributed by atoms with E-state index in [-0.39, 0.29) is 33.7 Å². The summed E-state index contributed by atoms with van der Waals surface area (Å²) in [6.45, 7) is 0.449. The topological polar surface area (TPSA) is 111 Å². The molecule has 0 saturated heterocycles. The molecule has 1 saturated carbocycles. The van der Waals surface area contributed by atoms with Gasteiger partial charge in [-0.3, -0.25) is 18.7 Å². The molecule has 0 bridgehead atoms. The largest absolute Gasteiger partial charge is 0.434 e. The number of imidazole rings is 1. The van der Waals surface area contributed by atoms with Crippen molar-refractivity contribution in [3.63, 3.8) is 0 Å². The zero-order chi connectivity index (χ0) is 29.3. The second kappa shape index (κ2) is 11.5. The predicted octanol–water partition coefficient (Wildman–Crippen LogP) is 4.71. The molecule has 41 heavy (non-hydrogen) atoms. The molecule has 1 fully saturated rings. The van der Waals surface area contributed by atoms with Crippen molar-refractivity contribution in [2.24, 2.45) is 5.92 Å². The van der Waals surface area contributed by atoms with Crippen molar-refractivity contribution in [2.45, 2.75) is 44.4 Å². The maximum atomic E-state index is 13.6. The highest BCUT2D eigenvalue weighted by Crippen LogP contribution is 2.32. The second-order valence-corrected chi connectivity index (χ2v) is 10.9. The van der Waals surface area contributed by atoms with Gasteiger partial charge in [0.2, 0.25) is 0 Å². The maximum Gasteiger partial charge on any atom is 0.434 e. The van der Waals surface area contributed by atoms with E-state index in [1.807, 2.05) is 24.3 Å². The molecule has 2 amide bonds. The lowest BCUT2D eigenvalue weighted by molar-refractivity contribution is -0.141. The number of nitrogens with zero attached hydrogens (tertiary/aromatic N) is 4. The number of carbonyl (C=O) groups excluding carboxylic acids is 2. The van der Waals surface area contributed by atoms with Crippen LogP contribution in [0.4, 0.5) is 13.2 Å². The first kappa shape index (κ1) is 28.5. The summed E-state index contributed by atoms with van der Waals surface area (Å²) in [5.74, 6) is -1.01. The van der Waals surface area contributed by atoms with Crippen LogP contribution in [0.2, 0.25) is 0 Å². The number of fused-ring (bicyclic) bond motifs is 1. The number of hydrogen-bond donors (Lipinski definition) is 2. The van der Waals surface area contributed by atoms with Gasteiger partial charge in [-0.2, -0.15) is 13.2 Å². The molecule has 9 nitrogen and oxygen atoms in total. The maximum absolute atomic E-state index is 13.6. The highest BCUT2D eigenvalue weighted by Gasteiger charge is 2.38. The van der Waals surface area contributed by atoms with E-state index in [9.17, 15) is 27.6 Å². The molecule has 3 heterocycles. The molecule has 2 N–H and O–H groups in total. The van der Waals surface area contributed by atoms with Crippen molar-refractivity contribution in [3.05, 3.63) is 86.8 Å². The molecule has 0 aliphatic heterocycles. The quantitative estimate of drug-likeness (QED) is 0.321.